The molecular formula is C17H13NO. The maximum Gasteiger partial charge on any atom is 0.116 e. The Labute approximate surface area is 110 Å². The summed E-state index contributed by atoms with van der Waals surface area (Å²) in [5, 5.41) is 14.5. The van der Waals surface area contributed by atoms with E-state index in [9.17, 15) is 5.11 Å². The molecule has 1 aromatic heterocycles. The molecule has 0 aliphatic rings. The maximum atomic E-state index is 9.76. The van der Waals surface area contributed by atoms with Gasteiger partial charge in [-0.3, -0.25) is 0 Å². The molecule has 0 spiro atoms. The Bertz CT molecular complexity index is 934. The van der Waals surface area contributed by atoms with Crippen LogP contribution in [0.2, 0.25) is 0 Å². The third-order valence-corrected chi connectivity index (χ3v) is 3.88. The van der Waals surface area contributed by atoms with Crippen LogP contribution in [0.3, 0.4) is 0 Å². The minimum atomic E-state index is 0.313. The summed E-state index contributed by atoms with van der Waals surface area (Å²) in [6.07, 6.45) is 0. The van der Waals surface area contributed by atoms with Crippen molar-refractivity contribution < 1.29 is 5.11 Å². The van der Waals surface area contributed by atoms with E-state index in [1.807, 2.05) is 12.1 Å². The van der Waals surface area contributed by atoms with Gasteiger partial charge >= 0.3 is 0 Å². The fourth-order valence-corrected chi connectivity index (χ4v) is 2.97. The van der Waals surface area contributed by atoms with Crippen molar-refractivity contribution >= 4 is 32.6 Å². The van der Waals surface area contributed by atoms with Crippen LogP contribution in [0, 0.1) is 0 Å². The second-order valence-electron chi connectivity index (χ2n) is 4.94. The SMILES string of the molecule is Cn1c2ccc(O)cc2c2c3ccccc3ccc21. The van der Waals surface area contributed by atoms with E-state index in [0.29, 0.717) is 5.75 Å². The Kier molecular flexibility index (Phi) is 1.93. The Morgan fingerprint density at radius 2 is 1.63 bits per heavy atom. The fourth-order valence-electron chi connectivity index (χ4n) is 2.97. The van der Waals surface area contributed by atoms with Gasteiger partial charge in [0, 0.05) is 28.9 Å². The number of phenolic OH excluding ortho intramolecular Hbond substituents is 1. The van der Waals surface area contributed by atoms with Crippen LogP contribution in [0.4, 0.5) is 0 Å². The number of benzene rings is 3. The van der Waals surface area contributed by atoms with Crippen LogP contribution in [0.5, 0.6) is 5.75 Å². The Hall–Kier alpha value is -2.48. The molecule has 0 fully saturated rings. The molecule has 0 unspecified atom stereocenters. The second kappa shape index (κ2) is 3.51. The van der Waals surface area contributed by atoms with E-state index in [2.05, 4.69) is 48.0 Å². The summed E-state index contributed by atoms with van der Waals surface area (Å²) in [4.78, 5) is 0. The second-order valence-corrected chi connectivity index (χ2v) is 4.94. The lowest BCUT2D eigenvalue weighted by atomic mass is 10.0. The summed E-state index contributed by atoms with van der Waals surface area (Å²) in [6, 6.07) is 18.2. The fraction of sp³-hybridized carbons (Fsp3) is 0.0588. The average Bonchev–Trinajstić information content (AvgIpc) is 2.72. The minimum Gasteiger partial charge on any atom is -0.508 e. The van der Waals surface area contributed by atoms with Gasteiger partial charge in [0.05, 0.1) is 0 Å². The van der Waals surface area contributed by atoms with Crippen LogP contribution in [0.25, 0.3) is 32.6 Å². The number of phenols is 1. The van der Waals surface area contributed by atoms with Gasteiger partial charge in [0.2, 0.25) is 0 Å². The van der Waals surface area contributed by atoms with Crippen molar-refractivity contribution in [3.05, 3.63) is 54.6 Å². The first-order valence-corrected chi connectivity index (χ1v) is 6.34. The van der Waals surface area contributed by atoms with Crippen LogP contribution in [-0.4, -0.2) is 9.67 Å². The third kappa shape index (κ3) is 1.31. The van der Waals surface area contributed by atoms with Crippen LogP contribution in [0.15, 0.2) is 54.6 Å². The van der Waals surface area contributed by atoms with Crippen LogP contribution in [-0.2, 0) is 7.05 Å². The van der Waals surface area contributed by atoms with Crippen molar-refractivity contribution in [3.63, 3.8) is 0 Å². The first-order chi connectivity index (χ1) is 9.25. The number of hydrogen-bond donors (Lipinski definition) is 1. The summed E-state index contributed by atoms with van der Waals surface area (Å²) < 4.78 is 2.18. The summed E-state index contributed by atoms with van der Waals surface area (Å²) in [5.74, 6) is 0.313. The molecule has 19 heavy (non-hydrogen) atoms. The number of aromatic nitrogens is 1. The highest BCUT2D eigenvalue weighted by molar-refractivity contribution is 6.20. The number of hydrogen-bond acceptors (Lipinski definition) is 1. The lowest BCUT2D eigenvalue weighted by Gasteiger charge is -2.01. The highest BCUT2D eigenvalue weighted by Crippen LogP contribution is 2.35. The topological polar surface area (TPSA) is 25.2 Å². The summed E-state index contributed by atoms with van der Waals surface area (Å²) in [5.41, 5.74) is 2.34. The molecule has 4 rings (SSSR count). The molecule has 0 bridgehead atoms. The predicted octanol–water partition coefficient (Wildman–Crippen LogP) is 4.19. The number of nitrogens with zero attached hydrogens (tertiary/aromatic N) is 1. The van der Waals surface area contributed by atoms with E-state index >= 15 is 0 Å². The molecule has 0 aliphatic heterocycles. The van der Waals surface area contributed by atoms with Gasteiger partial charge in [0.25, 0.3) is 0 Å². The molecule has 1 N–H and O–H groups in total. The smallest absolute Gasteiger partial charge is 0.116 e. The summed E-state index contributed by atoms with van der Waals surface area (Å²) in [7, 11) is 2.07. The number of aryl methyl sites for hydroxylation is 1. The molecule has 4 aromatic rings. The van der Waals surface area contributed by atoms with E-state index in [0.717, 1.165) is 10.9 Å². The lowest BCUT2D eigenvalue weighted by molar-refractivity contribution is 0.476. The first-order valence-electron chi connectivity index (χ1n) is 6.34. The molecule has 0 aliphatic carbocycles. The van der Waals surface area contributed by atoms with Gasteiger partial charge in [-0.2, -0.15) is 0 Å². The Morgan fingerprint density at radius 1 is 0.842 bits per heavy atom. The van der Waals surface area contributed by atoms with Gasteiger partial charge in [-0.15, -0.1) is 0 Å². The number of rotatable bonds is 0. The highest BCUT2D eigenvalue weighted by atomic mass is 16.3. The largest absolute Gasteiger partial charge is 0.508 e. The monoisotopic (exact) mass is 247 g/mol. The van der Waals surface area contributed by atoms with E-state index < -0.39 is 0 Å². The summed E-state index contributed by atoms with van der Waals surface area (Å²) >= 11 is 0. The van der Waals surface area contributed by atoms with Gasteiger partial charge in [-0.05, 0) is 35.0 Å². The Morgan fingerprint density at radius 3 is 2.53 bits per heavy atom. The van der Waals surface area contributed by atoms with Crippen molar-refractivity contribution in [2.24, 2.45) is 7.05 Å². The number of fused-ring (bicyclic) bond motifs is 5. The minimum absolute atomic E-state index is 0.313. The molecule has 92 valence electrons. The van der Waals surface area contributed by atoms with Crippen molar-refractivity contribution in [1.29, 1.82) is 0 Å². The molecule has 0 atom stereocenters. The zero-order chi connectivity index (χ0) is 13.0. The van der Waals surface area contributed by atoms with E-state index in [-0.39, 0.29) is 0 Å². The van der Waals surface area contributed by atoms with Crippen molar-refractivity contribution in [1.82, 2.24) is 4.57 Å². The van der Waals surface area contributed by atoms with Gasteiger partial charge in [0.15, 0.2) is 0 Å². The van der Waals surface area contributed by atoms with Crippen molar-refractivity contribution in [2.75, 3.05) is 0 Å². The van der Waals surface area contributed by atoms with Gasteiger partial charge in [0.1, 0.15) is 5.75 Å². The predicted molar refractivity (Wildman–Crippen MR) is 79.6 cm³/mol. The van der Waals surface area contributed by atoms with Crippen LogP contribution in [0.1, 0.15) is 0 Å². The molecular weight excluding hydrogens is 234 g/mol. The maximum absolute atomic E-state index is 9.76. The molecule has 0 radical (unpaired) electrons. The molecule has 0 saturated heterocycles. The Balaban J connectivity index is 2.39. The van der Waals surface area contributed by atoms with Crippen LogP contribution < -0.4 is 0 Å². The third-order valence-electron chi connectivity index (χ3n) is 3.88. The van der Waals surface area contributed by atoms with E-state index in [1.54, 1.807) is 6.07 Å². The lowest BCUT2D eigenvalue weighted by Crippen LogP contribution is -1.85. The van der Waals surface area contributed by atoms with E-state index in [1.165, 1.54) is 21.7 Å². The average molecular weight is 247 g/mol. The molecule has 0 saturated carbocycles. The van der Waals surface area contributed by atoms with E-state index in [4.69, 9.17) is 0 Å². The first kappa shape index (κ1) is 10.4. The standard InChI is InChI=1S/C17H13NO/c1-18-15-9-7-12(19)10-14(15)17-13-5-3-2-4-11(13)6-8-16(17)18/h2-10,19H,1H3. The molecule has 2 nitrogen and oxygen atoms in total. The molecule has 1 heterocycles. The number of aromatic hydroxyl groups is 1. The zero-order valence-electron chi connectivity index (χ0n) is 10.6. The van der Waals surface area contributed by atoms with Crippen LogP contribution >= 0.6 is 0 Å². The van der Waals surface area contributed by atoms with Gasteiger partial charge in [-0.25, -0.2) is 0 Å². The van der Waals surface area contributed by atoms with Gasteiger partial charge in [-0.1, -0.05) is 30.3 Å². The normalized spacial score (nSPS) is 11.6. The molecule has 3 aromatic carbocycles. The molecule has 0 amide bonds. The van der Waals surface area contributed by atoms with Gasteiger partial charge < -0.3 is 9.67 Å². The van der Waals surface area contributed by atoms with Crippen molar-refractivity contribution in [3.8, 4) is 5.75 Å². The van der Waals surface area contributed by atoms with Crippen molar-refractivity contribution in [2.45, 2.75) is 0 Å². The molecule has 2 heteroatoms. The zero-order valence-corrected chi connectivity index (χ0v) is 10.6. The summed E-state index contributed by atoms with van der Waals surface area (Å²) in [6.45, 7) is 0. The quantitative estimate of drug-likeness (QED) is 0.495. The highest BCUT2D eigenvalue weighted by Gasteiger charge is 2.11.